The molecular formula is C16H24N2O2. The van der Waals surface area contributed by atoms with Crippen LogP contribution in [-0.4, -0.2) is 49.2 Å². The van der Waals surface area contributed by atoms with Crippen molar-refractivity contribution in [2.24, 2.45) is 0 Å². The number of amides is 1. The molecule has 0 aliphatic carbocycles. The minimum absolute atomic E-state index is 0.00136. The van der Waals surface area contributed by atoms with E-state index in [-0.39, 0.29) is 11.4 Å². The van der Waals surface area contributed by atoms with Gasteiger partial charge in [0.15, 0.2) is 0 Å². The first-order chi connectivity index (χ1) is 9.65. The summed E-state index contributed by atoms with van der Waals surface area (Å²) in [4.78, 5) is 14.6. The Hall–Kier alpha value is -1.39. The van der Waals surface area contributed by atoms with Gasteiger partial charge in [-0.25, -0.2) is 0 Å². The first-order valence-corrected chi connectivity index (χ1v) is 7.32. The number of benzene rings is 1. The average Bonchev–Trinajstić information content (AvgIpc) is 2.54. The van der Waals surface area contributed by atoms with E-state index in [0.717, 1.165) is 32.7 Å². The molecule has 1 N–H and O–H groups in total. The number of morpholine rings is 1. The first kappa shape index (κ1) is 15.0. The predicted octanol–water partition coefficient (Wildman–Crippen LogP) is 1.92. The van der Waals surface area contributed by atoms with Crippen LogP contribution in [0.25, 0.3) is 0 Å². The minimum Gasteiger partial charge on any atom is -0.379 e. The van der Waals surface area contributed by atoms with Crippen LogP contribution in [0.4, 0.5) is 0 Å². The molecule has 1 aromatic rings. The highest BCUT2D eigenvalue weighted by molar-refractivity contribution is 5.94. The second kappa shape index (κ2) is 6.86. The third-order valence-corrected chi connectivity index (χ3v) is 4.20. The van der Waals surface area contributed by atoms with Gasteiger partial charge in [-0.3, -0.25) is 9.69 Å². The van der Waals surface area contributed by atoms with E-state index in [1.165, 1.54) is 0 Å². The van der Waals surface area contributed by atoms with Crippen LogP contribution in [0.1, 0.15) is 30.6 Å². The molecule has 1 amide bonds. The van der Waals surface area contributed by atoms with Crippen LogP contribution < -0.4 is 5.32 Å². The van der Waals surface area contributed by atoms with Gasteiger partial charge in [0.1, 0.15) is 0 Å². The largest absolute Gasteiger partial charge is 0.379 e. The summed E-state index contributed by atoms with van der Waals surface area (Å²) in [6.07, 6.45) is 1.00. The summed E-state index contributed by atoms with van der Waals surface area (Å²) in [6, 6.07) is 9.37. The van der Waals surface area contributed by atoms with E-state index >= 15 is 0 Å². The summed E-state index contributed by atoms with van der Waals surface area (Å²) >= 11 is 0. The van der Waals surface area contributed by atoms with E-state index in [1.54, 1.807) is 0 Å². The molecule has 1 aliphatic heterocycles. The number of hydrogen-bond donors (Lipinski definition) is 1. The summed E-state index contributed by atoms with van der Waals surface area (Å²) in [6.45, 7) is 8.48. The Kier molecular flexibility index (Phi) is 5.15. The van der Waals surface area contributed by atoms with Crippen molar-refractivity contribution in [2.75, 3.05) is 32.8 Å². The molecule has 1 aliphatic rings. The van der Waals surface area contributed by atoms with Gasteiger partial charge in [-0.1, -0.05) is 25.1 Å². The number of ether oxygens (including phenoxy) is 1. The van der Waals surface area contributed by atoms with Crippen molar-refractivity contribution >= 4 is 5.91 Å². The van der Waals surface area contributed by atoms with Gasteiger partial charge < -0.3 is 10.1 Å². The molecule has 2 rings (SSSR count). The number of carbonyl (C=O) groups is 1. The van der Waals surface area contributed by atoms with E-state index < -0.39 is 0 Å². The normalized spacial score (nSPS) is 19.3. The number of carbonyl (C=O) groups excluding carboxylic acids is 1. The van der Waals surface area contributed by atoms with Crippen LogP contribution in [0.15, 0.2) is 30.3 Å². The third kappa shape index (κ3) is 3.58. The lowest BCUT2D eigenvalue weighted by atomic mass is 9.95. The van der Waals surface area contributed by atoms with Crippen LogP contribution in [0, 0.1) is 0 Å². The maximum absolute atomic E-state index is 12.1. The van der Waals surface area contributed by atoms with E-state index in [4.69, 9.17) is 4.74 Å². The predicted molar refractivity (Wildman–Crippen MR) is 79.9 cm³/mol. The molecule has 1 saturated heterocycles. The highest BCUT2D eigenvalue weighted by Gasteiger charge is 2.31. The van der Waals surface area contributed by atoms with Crippen molar-refractivity contribution in [3.8, 4) is 0 Å². The summed E-state index contributed by atoms with van der Waals surface area (Å²) in [5.41, 5.74) is 0.710. The SMILES string of the molecule is CCC(C)(CNC(=O)c1ccccc1)N1CCOCC1. The summed E-state index contributed by atoms with van der Waals surface area (Å²) in [5.74, 6) is -0.00136. The molecule has 0 bridgehead atoms. The van der Waals surface area contributed by atoms with Crippen molar-refractivity contribution in [1.29, 1.82) is 0 Å². The monoisotopic (exact) mass is 276 g/mol. The Morgan fingerprint density at radius 2 is 1.95 bits per heavy atom. The van der Waals surface area contributed by atoms with E-state index in [9.17, 15) is 4.79 Å². The fraction of sp³-hybridized carbons (Fsp3) is 0.562. The Morgan fingerprint density at radius 1 is 1.30 bits per heavy atom. The summed E-state index contributed by atoms with van der Waals surface area (Å²) in [5, 5.41) is 3.07. The highest BCUT2D eigenvalue weighted by atomic mass is 16.5. The molecule has 1 heterocycles. The minimum atomic E-state index is -0.00573. The molecule has 20 heavy (non-hydrogen) atoms. The quantitative estimate of drug-likeness (QED) is 0.893. The van der Waals surface area contributed by atoms with Gasteiger partial charge in [-0.2, -0.15) is 0 Å². The molecule has 110 valence electrons. The third-order valence-electron chi connectivity index (χ3n) is 4.20. The lowest BCUT2D eigenvalue weighted by Gasteiger charge is -2.43. The van der Waals surface area contributed by atoms with Crippen LogP contribution in [-0.2, 0) is 4.74 Å². The number of rotatable bonds is 5. The molecule has 1 fully saturated rings. The van der Waals surface area contributed by atoms with Gasteiger partial charge in [0, 0.05) is 30.7 Å². The van der Waals surface area contributed by atoms with Gasteiger partial charge in [-0.15, -0.1) is 0 Å². The molecule has 0 aromatic heterocycles. The van der Waals surface area contributed by atoms with Crippen molar-refractivity contribution in [3.05, 3.63) is 35.9 Å². The van der Waals surface area contributed by atoms with E-state index in [2.05, 4.69) is 24.1 Å². The van der Waals surface area contributed by atoms with Gasteiger partial charge in [0.25, 0.3) is 5.91 Å². The van der Waals surface area contributed by atoms with Gasteiger partial charge in [-0.05, 0) is 25.5 Å². The second-order valence-electron chi connectivity index (χ2n) is 5.50. The molecular weight excluding hydrogens is 252 g/mol. The molecule has 4 heteroatoms. The Balaban J connectivity index is 1.94. The summed E-state index contributed by atoms with van der Waals surface area (Å²) < 4.78 is 5.41. The van der Waals surface area contributed by atoms with Crippen LogP contribution in [0.2, 0.25) is 0 Å². The Morgan fingerprint density at radius 3 is 2.55 bits per heavy atom. The topological polar surface area (TPSA) is 41.6 Å². The lowest BCUT2D eigenvalue weighted by Crippen LogP contribution is -2.56. The maximum atomic E-state index is 12.1. The number of nitrogens with one attached hydrogen (secondary N) is 1. The second-order valence-corrected chi connectivity index (χ2v) is 5.50. The van der Waals surface area contributed by atoms with Crippen LogP contribution >= 0.6 is 0 Å². The smallest absolute Gasteiger partial charge is 0.251 e. The van der Waals surface area contributed by atoms with E-state index in [1.807, 2.05) is 30.3 Å². The van der Waals surface area contributed by atoms with Gasteiger partial charge in [0.05, 0.1) is 13.2 Å². The summed E-state index contributed by atoms with van der Waals surface area (Å²) in [7, 11) is 0. The van der Waals surface area contributed by atoms with Gasteiger partial charge in [0.2, 0.25) is 0 Å². The average molecular weight is 276 g/mol. The molecule has 4 nitrogen and oxygen atoms in total. The molecule has 1 unspecified atom stereocenters. The zero-order valence-corrected chi connectivity index (χ0v) is 12.4. The highest BCUT2D eigenvalue weighted by Crippen LogP contribution is 2.20. The molecule has 0 saturated carbocycles. The fourth-order valence-corrected chi connectivity index (χ4v) is 2.53. The number of hydrogen-bond acceptors (Lipinski definition) is 3. The zero-order valence-electron chi connectivity index (χ0n) is 12.4. The van der Waals surface area contributed by atoms with Gasteiger partial charge >= 0.3 is 0 Å². The van der Waals surface area contributed by atoms with Crippen molar-refractivity contribution in [1.82, 2.24) is 10.2 Å². The lowest BCUT2D eigenvalue weighted by molar-refractivity contribution is -0.0169. The van der Waals surface area contributed by atoms with Crippen molar-refractivity contribution < 1.29 is 9.53 Å². The number of nitrogens with zero attached hydrogens (tertiary/aromatic N) is 1. The fourth-order valence-electron chi connectivity index (χ4n) is 2.53. The maximum Gasteiger partial charge on any atom is 0.251 e. The van der Waals surface area contributed by atoms with Crippen LogP contribution in [0.5, 0.6) is 0 Å². The van der Waals surface area contributed by atoms with E-state index in [0.29, 0.717) is 12.1 Å². The first-order valence-electron chi connectivity index (χ1n) is 7.32. The van der Waals surface area contributed by atoms with Crippen molar-refractivity contribution in [2.45, 2.75) is 25.8 Å². The zero-order chi connectivity index (χ0) is 14.4. The van der Waals surface area contributed by atoms with Crippen molar-refractivity contribution in [3.63, 3.8) is 0 Å². The molecule has 1 atom stereocenters. The molecule has 0 spiro atoms. The van der Waals surface area contributed by atoms with Crippen LogP contribution in [0.3, 0.4) is 0 Å². The molecule has 0 radical (unpaired) electrons. The standard InChI is InChI=1S/C16H24N2O2/c1-3-16(2,18-9-11-20-12-10-18)13-17-15(19)14-7-5-4-6-8-14/h4-8H,3,9-13H2,1-2H3,(H,17,19). The molecule has 1 aromatic carbocycles. The Bertz CT molecular complexity index is 429. The Labute approximate surface area is 121 Å².